The second-order valence-electron chi connectivity index (χ2n) is 5.44. The molecule has 0 aliphatic rings. The molecule has 2 aromatic heterocycles. The summed E-state index contributed by atoms with van der Waals surface area (Å²) in [6.45, 7) is 7.24. The number of pyridine rings is 1. The van der Waals surface area contributed by atoms with Gasteiger partial charge in [0.05, 0.1) is 0 Å². The molecule has 5 heteroatoms. The van der Waals surface area contributed by atoms with Crippen LogP contribution in [0.4, 0.5) is 4.79 Å². The quantitative estimate of drug-likeness (QED) is 0.739. The fourth-order valence-corrected chi connectivity index (χ4v) is 1.78. The van der Waals surface area contributed by atoms with Gasteiger partial charge in [-0.1, -0.05) is 0 Å². The molecular weight excluding hydrogens is 244 g/mol. The lowest BCUT2D eigenvalue weighted by Gasteiger charge is -2.19. The number of hydrogen-bond acceptors (Lipinski definition) is 4. The van der Waals surface area contributed by atoms with Crippen LogP contribution in [0.25, 0.3) is 11.0 Å². The van der Waals surface area contributed by atoms with Gasteiger partial charge < -0.3 is 4.74 Å². The highest BCUT2D eigenvalue weighted by Crippen LogP contribution is 2.21. The van der Waals surface area contributed by atoms with Crippen LogP contribution in [0.3, 0.4) is 0 Å². The van der Waals surface area contributed by atoms with Crippen molar-refractivity contribution in [2.75, 3.05) is 0 Å². The van der Waals surface area contributed by atoms with Crippen LogP contribution in [0.5, 0.6) is 0 Å². The molecule has 100 valence electrons. The van der Waals surface area contributed by atoms with Crippen LogP contribution < -0.4 is 0 Å². The van der Waals surface area contributed by atoms with Crippen LogP contribution in [0, 0.1) is 6.92 Å². The fraction of sp³-hybridized carbons (Fsp3) is 0.357. The Bertz CT molecular complexity index is 650. The van der Waals surface area contributed by atoms with Crippen molar-refractivity contribution >= 4 is 23.4 Å². The number of aldehydes is 1. The number of ether oxygens (including phenoxy) is 1. The molecule has 0 atom stereocenters. The average molecular weight is 260 g/mol. The molecule has 0 spiro atoms. The lowest BCUT2D eigenvalue weighted by Crippen LogP contribution is -2.26. The molecule has 0 aliphatic heterocycles. The lowest BCUT2D eigenvalue weighted by atomic mass is 10.2. The maximum absolute atomic E-state index is 12.1. The van der Waals surface area contributed by atoms with Gasteiger partial charge in [0.2, 0.25) is 0 Å². The van der Waals surface area contributed by atoms with E-state index in [-0.39, 0.29) is 0 Å². The van der Waals surface area contributed by atoms with E-state index >= 15 is 0 Å². The summed E-state index contributed by atoms with van der Waals surface area (Å²) in [4.78, 5) is 27.3. The first-order valence-electron chi connectivity index (χ1n) is 5.98. The molecular formula is C14H16N2O3. The topological polar surface area (TPSA) is 61.2 Å². The maximum Gasteiger partial charge on any atom is 0.420 e. The van der Waals surface area contributed by atoms with Crippen molar-refractivity contribution in [3.63, 3.8) is 0 Å². The Hall–Kier alpha value is -2.17. The molecule has 0 saturated carbocycles. The number of carbonyl (C=O) groups excluding carboxylic acids is 2. The Morgan fingerprint density at radius 1 is 1.42 bits per heavy atom. The Morgan fingerprint density at radius 2 is 2.11 bits per heavy atom. The zero-order chi connectivity index (χ0) is 14.2. The predicted octanol–water partition coefficient (Wildman–Crippen LogP) is 2.94. The maximum atomic E-state index is 12.1. The molecule has 0 radical (unpaired) electrons. The molecule has 5 nitrogen and oxygen atoms in total. The van der Waals surface area contributed by atoms with E-state index in [9.17, 15) is 9.59 Å². The van der Waals surface area contributed by atoms with Crippen molar-refractivity contribution in [2.24, 2.45) is 0 Å². The summed E-state index contributed by atoms with van der Waals surface area (Å²) in [7, 11) is 0. The van der Waals surface area contributed by atoms with E-state index in [1.54, 1.807) is 27.0 Å². The number of aromatic nitrogens is 2. The third-order valence-corrected chi connectivity index (χ3v) is 2.53. The third-order valence-electron chi connectivity index (χ3n) is 2.53. The first-order valence-corrected chi connectivity index (χ1v) is 5.98. The van der Waals surface area contributed by atoms with Gasteiger partial charge in [0.15, 0.2) is 6.29 Å². The molecule has 0 bridgehead atoms. The highest BCUT2D eigenvalue weighted by atomic mass is 16.6. The summed E-state index contributed by atoms with van der Waals surface area (Å²) in [6, 6.07) is 1.83. The summed E-state index contributed by atoms with van der Waals surface area (Å²) in [6.07, 6.45) is 3.28. The van der Waals surface area contributed by atoms with Crippen molar-refractivity contribution in [2.45, 2.75) is 33.3 Å². The molecule has 0 aromatic carbocycles. The van der Waals surface area contributed by atoms with Gasteiger partial charge in [-0.25, -0.2) is 14.3 Å². The highest BCUT2D eigenvalue weighted by molar-refractivity contribution is 5.99. The van der Waals surface area contributed by atoms with E-state index in [0.29, 0.717) is 22.9 Å². The molecule has 2 heterocycles. The van der Waals surface area contributed by atoms with Crippen LogP contribution in [0.15, 0.2) is 18.5 Å². The van der Waals surface area contributed by atoms with E-state index in [4.69, 9.17) is 4.74 Å². The number of rotatable bonds is 1. The standard InChI is InChI=1S/C14H16N2O3/c1-9-5-11-10(8-17)7-16(12(11)15-6-9)13(18)19-14(2,3)4/h5-8H,1-4H3. The minimum Gasteiger partial charge on any atom is -0.443 e. The van der Waals surface area contributed by atoms with Crippen molar-refractivity contribution in [1.82, 2.24) is 9.55 Å². The normalized spacial score (nSPS) is 11.6. The summed E-state index contributed by atoms with van der Waals surface area (Å²) in [5.74, 6) is 0. The fourth-order valence-electron chi connectivity index (χ4n) is 1.78. The molecule has 0 amide bonds. The van der Waals surface area contributed by atoms with Gasteiger partial charge in [-0.2, -0.15) is 0 Å². The van der Waals surface area contributed by atoms with E-state index in [2.05, 4.69) is 4.98 Å². The minimum atomic E-state index is -0.598. The summed E-state index contributed by atoms with van der Waals surface area (Å²) in [5, 5.41) is 0.654. The van der Waals surface area contributed by atoms with Crippen molar-refractivity contribution in [1.29, 1.82) is 0 Å². The lowest BCUT2D eigenvalue weighted by molar-refractivity contribution is 0.0543. The molecule has 19 heavy (non-hydrogen) atoms. The van der Waals surface area contributed by atoms with Crippen LogP contribution in [-0.4, -0.2) is 27.5 Å². The van der Waals surface area contributed by atoms with Crippen molar-refractivity contribution in [3.8, 4) is 0 Å². The van der Waals surface area contributed by atoms with Gasteiger partial charge in [0, 0.05) is 23.3 Å². The van der Waals surface area contributed by atoms with E-state index < -0.39 is 11.7 Å². The number of aryl methyl sites for hydroxylation is 1. The van der Waals surface area contributed by atoms with E-state index in [1.165, 1.54) is 10.8 Å². The first-order chi connectivity index (χ1) is 8.81. The van der Waals surface area contributed by atoms with Crippen molar-refractivity contribution < 1.29 is 14.3 Å². The number of fused-ring (bicyclic) bond motifs is 1. The summed E-state index contributed by atoms with van der Waals surface area (Å²) >= 11 is 0. The molecule has 0 unspecified atom stereocenters. The number of nitrogens with zero attached hydrogens (tertiary/aromatic N) is 2. The van der Waals surface area contributed by atoms with Crippen molar-refractivity contribution in [3.05, 3.63) is 29.6 Å². The molecule has 2 rings (SSSR count). The van der Waals surface area contributed by atoms with E-state index in [0.717, 1.165) is 5.56 Å². The van der Waals surface area contributed by atoms with Gasteiger partial charge in [-0.05, 0) is 39.3 Å². The van der Waals surface area contributed by atoms with Gasteiger partial charge >= 0.3 is 6.09 Å². The summed E-state index contributed by atoms with van der Waals surface area (Å²) in [5.41, 5.74) is 1.19. The molecule has 0 N–H and O–H groups in total. The zero-order valence-corrected chi connectivity index (χ0v) is 11.4. The Balaban J connectivity index is 2.55. The summed E-state index contributed by atoms with van der Waals surface area (Å²) < 4.78 is 6.56. The molecule has 0 fully saturated rings. The Labute approximate surface area is 111 Å². The number of hydrogen-bond donors (Lipinski definition) is 0. The van der Waals surface area contributed by atoms with Gasteiger partial charge in [0.25, 0.3) is 0 Å². The SMILES string of the molecule is Cc1cnc2c(c1)c(C=O)cn2C(=O)OC(C)(C)C. The van der Waals surface area contributed by atoms with E-state index in [1.807, 2.05) is 13.0 Å². The number of carbonyl (C=O) groups is 2. The van der Waals surface area contributed by atoms with Crippen LogP contribution in [0.1, 0.15) is 36.7 Å². The van der Waals surface area contributed by atoms with Gasteiger partial charge in [-0.15, -0.1) is 0 Å². The Morgan fingerprint density at radius 3 is 2.68 bits per heavy atom. The predicted molar refractivity (Wildman–Crippen MR) is 71.5 cm³/mol. The van der Waals surface area contributed by atoms with Crippen LogP contribution in [0.2, 0.25) is 0 Å². The average Bonchev–Trinajstić information content (AvgIpc) is 2.64. The third kappa shape index (κ3) is 2.65. The molecule has 2 aromatic rings. The van der Waals surface area contributed by atoms with Gasteiger partial charge in [-0.3, -0.25) is 4.79 Å². The smallest absolute Gasteiger partial charge is 0.420 e. The Kier molecular flexibility index (Phi) is 3.14. The minimum absolute atomic E-state index is 0.428. The first kappa shape index (κ1) is 13.3. The second kappa shape index (κ2) is 4.50. The highest BCUT2D eigenvalue weighted by Gasteiger charge is 2.21. The zero-order valence-electron chi connectivity index (χ0n) is 11.4. The monoisotopic (exact) mass is 260 g/mol. The van der Waals surface area contributed by atoms with Gasteiger partial charge in [0.1, 0.15) is 11.2 Å². The molecule has 0 saturated heterocycles. The largest absolute Gasteiger partial charge is 0.443 e. The molecule has 0 aliphatic carbocycles. The van der Waals surface area contributed by atoms with Crippen LogP contribution in [-0.2, 0) is 4.74 Å². The second-order valence-corrected chi connectivity index (χ2v) is 5.44. The van der Waals surface area contributed by atoms with Crippen LogP contribution >= 0.6 is 0 Å².